The average molecular weight is 575 g/mol. The van der Waals surface area contributed by atoms with E-state index in [1.807, 2.05) is 74.0 Å². The highest BCUT2D eigenvalue weighted by atomic mass is 32.2. The van der Waals surface area contributed by atoms with Crippen molar-refractivity contribution in [3.8, 4) is 0 Å². The Morgan fingerprint density at radius 3 is 2.61 bits per heavy atom. The molecule has 0 spiro atoms. The normalized spacial score (nSPS) is 15.8. The number of fused-ring (bicyclic) bond motifs is 1. The fourth-order valence-corrected chi connectivity index (χ4v) is 6.70. The third-order valence-electron chi connectivity index (χ3n) is 7.95. The van der Waals surface area contributed by atoms with E-state index >= 15 is 0 Å². The van der Waals surface area contributed by atoms with Crippen LogP contribution < -0.4 is 9.62 Å². The zero-order chi connectivity index (χ0) is 29.1. The maximum Gasteiger partial charge on any atom is 0.241 e. The molecule has 3 aromatic carbocycles. The minimum atomic E-state index is -3.95. The number of nitrogens with one attached hydrogen (secondary N) is 1. The Balaban J connectivity index is 1.47. The molecule has 41 heavy (non-hydrogen) atoms. The first kappa shape index (κ1) is 28.7. The lowest BCUT2D eigenvalue weighted by molar-refractivity contribution is -0.119. The van der Waals surface area contributed by atoms with Crippen molar-refractivity contribution in [2.75, 3.05) is 4.90 Å². The SMILES string of the molecule is Cc1ncc(CN(C(=O)C[C@@H](C)c2ccccc2)c2ccc3c(c2)[C@H](NS(=O)(=O)c2cccc(F)c2)CCC3)n1C. The van der Waals surface area contributed by atoms with Crippen molar-refractivity contribution in [1.29, 1.82) is 0 Å². The van der Waals surface area contributed by atoms with Crippen LogP contribution in [0.15, 0.2) is 83.9 Å². The highest BCUT2D eigenvalue weighted by Crippen LogP contribution is 2.35. The van der Waals surface area contributed by atoms with Crippen molar-refractivity contribution in [1.82, 2.24) is 14.3 Å². The molecule has 1 amide bonds. The van der Waals surface area contributed by atoms with Crippen LogP contribution in [-0.4, -0.2) is 23.9 Å². The minimum absolute atomic E-state index is 0.0166. The quantitative estimate of drug-likeness (QED) is 0.268. The summed E-state index contributed by atoms with van der Waals surface area (Å²) >= 11 is 0. The Labute approximate surface area is 241 Å². The summed E-state index contributed by atoms with van der Waals surface area (Å²) in [6, 6.07) is 20.3. The highest BCUT2D eigenvalue weighted by molar-refractivity contribution is 7.89. The van der Waals surface area contributed by atoms with Crippen molar-refractivity contribution >= 4 is 21.6 Å². The molecule has 9 heteroatoms. The van der Waals surface area contributed by atoms with Crippen molar-refractivity contribution < 1.29 is 17.6 Å². The minimum Gasteiger partial charge on any atom is -0.334 e. The Kier molecular flexibility index (Phi) is 8.37. The first-order chi connectivity index (χ1) is 19.6. The number of anilines is 1. The second-order valence-electron chi connectivity index (χ2n) is 10.8. The van der Waals surface area contributed by atoms with Crippen LogP contribution in [0.4, 0.5) is 10.1 Å². The first-order valence-corrected chi connectivity index (χ1v) is 15.3. The molecule has 0 fully saturated rings. The van der Waals surface area contributed by atoms with Crippen LogP contribution in [-0.2, 0) is 34.8 Å². The number of halogens is 1. The summed E-state index contributed by atoms with van der Waals surface area (Å²) in [5, 5.41) is 0. The van der Waals surface area contributed by atoms with E-state index < -0.39 is 21.9 Å². The van der Waals surface area contributed by atoms with Crippen LogP contribution in [0.1, 0.15) is 66.4 Å². The number of aromatic nitrogens is 2. The van der Waals surface area contributed by atoms with Gasteiger partial charge in [0.2, 0.25) is 15.9 Å². The van der Waals surface area contributed by atoms with Gasteiger partial charge in [-0.1, -0.05) is 49.4 Å². The van der Waals surface area contributed by atoms with E-state index in [-0.39, 0.29) is 16.7 Å². The third kappa shape index (κ3) is 6.41. The lowest BCUT2D eigenvalue weighted by atomic mass is 9.87. The fourth-order valence-electron chi connectivity index (χ4n) is 5.42. The number of sulfonamides is 1. The molecule has 4 aromatic rings. The second-order valence-corrected chi connectivity index (χ2v) is 12.5. The van der Waals surface area contributed by atoms with Gasteiger partial charge in [0.15, 0.2) is 0 Å². The van der Waals surface area contributed by atoms with E-state index in [1.54, 1.807) is 11.1 Å². The molecular formula is C32H35FN4O3S. The molecular weight excluding hydrogens is 539 g/mol. The van der Waals surface area contributed by atoms with Crippen molar-refractivity contribution in [3.05, 3.63) is 113 Å². The largest absolute Gasteiger partial charge is 0.334 e. The van der Waals surface area contributed by atoms with Crippen LogP contribution in [0.5, 0.6) is 0 Å². The maximum atomic E-state index is 13.9. The summed E-state index contributed by atoms with van der Waals surface area (Å²) in [5.74, 6) is 0.224. The van der Waals surface area contributed by atoms with E-state index in [2.05, 4.69) is 9.71 Å². The van der Waals surface area contributed by atoms with Crippen LogP contribution >= 0.6 is 0 Å². The third-order valence-corrected chi connectivity index (χ3v) is 9.42. The molecule has 1 aliphatic rings. The predicted octanol–water partition coefficient (Wildman–Crippen LogP) is 5.95. The van der Waals surface area contributed by atoms with Gasteiger partial charge in [0.25, 0.3) is 0 Å². The topological polar surface area (TPSA) is 84.3 Å². The molecule has 0 unspecified atom stereocenters. The molecule has 5 rings (SSSR count). The number of nitrogens with zero attached hydrogens (tertiary/aromatic N) is 3. The molecule has 214 valence electrons. The number of hydrogen-bond acceptors (Lipinski definition) is 4. The smallest absolute Gasteiger partial charge is 0.241 e. The van der Waals surface area contributed by atoms with Gasteiger partial charge in [0, 0.05) is 25.2 Å². The molecule has 7 nitrogen and oxygen atoms in total. The first-order valence-electron chi connectivity index (χ1n) is 13.9. The molecule has 2 atom stereocenters. The number of carbonyl (C=O) groups excluding carboxylic acids is 1. The van der Waals surface area contributed by atoms with E-state index in [1.165, 1.54) is 18.2 Å². The molecule has 0 aliphatic heterocycles. The van der Waals surface area contributed by atoms with E-state index in [0.717, 1.165) is 47.1 Å². The van der Waals surface area contributed by atoms with E-state index in [4.69, 9.17) is 0 Å². The van der Waals surface area contributed by atoms with Crippen molar-refractivity contribution in [2.45, 2.75) is 62.9 Å². The number of carbonyl (C=O) groups is 1. The number of hydrogen-bond donors (Lipinski definition) is 1. The second kappa shape index (κ2) is 12.0. The molecule has 1 aromatic heterocycles. The Bertz CT molecular complexity index is 1650. The Morgan fingerprint density at radius 2 is 1.90 bits per heavy atom. The van der Waals surface area contributed by atoms with Gasteiger partial charge in [-0.2, -0.15) is 0 Å². The Hall–Kier alpha value is -3.82. The van der Waals surface area contributed by atoms with E-state index in [0.29, 0.717) is 25.1 Å². The molecule has 0 saturated carbocycles. The van der Waals surface area contributed by atoms with E-state index in [9.17, 15) is 17.6 Å². The van der Waals surface area contributed by atoms with Gasteiger partial charge in [0.1, 0.15) is 11.6 Å². The van der Waals surface area contributed by atoms with Crippen LogP contribution in [0.25, 0.3) is 0 Å². The van der Waals surface area contributed by atoms with Crippen LogP contribution in [0.2, 0.25) is 0 Å². The molecule has 1 heterocycles. The predicted molar refractivity (Wildman–Crippen MR) is 157 cm³/mol. The van der Waals surface area contributed by atoms with Crippen molar-refractivity contribution in [2.24, 2.45) is 7.05 Å². The summed E-state index contributed by atoms with van der Waals surface area (Å²) in [6.07, 6.45) is 4.32. The fraction of sp³-hybridized carbons (Fsp3) is 0.312. The van der Waals surface area contributed by atoms with Gasteiger partial charge in [-0.3, -0.25) is 4.79 Å². The van der Waals surface area contributed by atoms with Gasteiger partial charge < -0.3 is 9.47 Å². The molecule has 1 aliphatic carbocycles. The molecule has 0 saturated heterocycles. The number of aryl methyl sites for hydroxylation is 2. The number of amides is 1. The molecule has 1 N–H and O–H groups in total. The van der Waals surface area contributed by atoms with Crippen molar-refractivity contribution in [3.63, 3.8) is 0 Å². The highest BCUT2D eigenvalue weighted by Gasteiger charge is 2.28. The average Bonchev–Trinajstić information content (AvgIpc) is 3.28. The lowest BCUT2D eigenvalue weighted by Crippen LogP contribution is -2.33. The summed E-state index contributed by atoms with van der Waals surface area (Å²) in [4.78, 5) is 20.0. The van der Waals surface area contributed by atoms with Crippen LogP contribution in [0.3, 0.4) is 0 Å². The number of rotatable bonds is 9. The summed E-state index contributed by atoms with van der Waals surface area (Å²) in [6.45, 7) is 4.29. The zero-order valence-corrected chi connectivity index (χ0v) is 24.4. The van der Waals surface area contributed by atoms with Gasteiger partial charge in [0.05, 0.1) is 23.3 Å². The zero-order valence-electron chi connectivity index (χ0n) is 23.5. The molecule has 0 radical (unpaired) electrons. The Morgan fingerprint density at radius 1 is 1.12 bits per heavy atom. The standard InChI is InChI=1S/C32H35FN4O3S/c1-22(24-9-5-4-6-10-24)17-32(38)37(21-28-20-34-23(2)36(28)3)27-16-15-25-11-7-14-31(30(25)19-27)35-41(39,40)29-13-8-12-26(33)18-29/h4-6,8-10,12-13,15-16,18-20,22,31,35H,7,11,14,17,21H2,1-3H3/t22-,31-/m1/s1. The molecule has 0 bridgehead atoms. The lowest BCUT2D eigenvalue weighted by Gasteiger charge is -2.30. The summed E-state index contributed by atoms with van der Waals surface area (Å²) < 4.78 is 44.9. The maximum absolute atomic E-state index is 13.9. The van der Waals surface area contributed by atoms with Gasteiger partial charge >= 0.3 is 0 Å². The summed E-state index contributed by atoms with van der Waals surface area (Å²) in [5.41, 5.74) is 4.56. The number of benzene rings is 3. The van der Waals surface area contributed by atoms with Gasteiger partial charge in [-0.15, -0.1) is 0 Å². The van der Waals surface area contributed by atoms with Gasteiger partial charge in [-0.05, 0) is 79.1 Å². The monoisotopic (exact) mass is 574 g/mol. The summed E-state index contributed by atoms with van der Waals surface area (Å²) in [7, 11) is -2.03. The number of imidazole rings is 1. The van der Waals surface area contributed by atoms with Gasteiger partial charge in [-0.25, -0.2) is 22.5 Å². The van der Waals surface area contributed by atoms with Crippen LogP contribution in [0, 0.1) is 12.7 Å².